The van der Waals surface area contributed by atoms with Crippen molar-refractivity contribution in [1.29, 1.82) is 0 Å². The van der Waals surface area contributed by atoms with E-state index in [4.69, 9.17) is 0 Å². The van der Waals surface area contributed by atoms with Gasteiger partial charge in [0.05, 0.1) is 6.10 Å². The second-order valence-electron chi connectivity index (χ2n) is 4.99. The molecule has 0 aromatic carbocycles. The number of aliphatic hydroxyl groups is 1. The molecule has 1 fully saturated rings. The third-order valence-corrected chi connectivity index (χ3v) is 3.35. The smallest absolute Gasteiger partial charge is 0.0693 e. The molecule has 1 rings (SSSR count). The summed E-state index contributed by atoms with van der Waals surface area (Å²) in [7, 11) is 0. The van der Waals surface area contributed by atoms with E-state index in [0.29, 0.717) is 5.92 Å². The molecule has 14 heavy (non-hydrogen) atoms. The zero-order chi connectivity index (χ0) is 10.6. The molecule has 1 saturated heterocycles. The summed E-state index contributed by atoms with van der Waals surface area (Å²) in [5.74, 6) is 1.27. The van der Waals surface area contributed by atoms with Gasteiger partial charge >= 0.3 is 0 Å². The van der Waals surface area contributed by atoms with E-state index in [1.807, 2.05) is 0 Å². The summed E-state index contributed by atoms with van der Waals surface area (Å²) in [6.45, 7) is 9.92. The van der Waals surface area contributed by atoms with Crippen molar-refractivity contribution in [2.24, 2.45) is 11.8 Å². The minimum atomic E-state index is -0.0995. The lowest BCUT2D eigenvalue weighted by atomic mass is 9.95. The number of β-amino-alcohol motifs (C(OH)–C–C–N with tert-alkyl or cyclic N) is 1. The van der Waals surface area contributed by atoms with Gasteiger partial charge in [0.1, 0.15) is 0 Å². The minimum absolute atomic E-state index is 0.0995. The maximum absolute atomic E-state index is 9.75. The van der Waals surface area contributed by atoms with Gasteiger partial charge in [0.2, 0.25) is 0 Å². The van der Waals surface area contributed by atoms with Crippen LogP contribution in [0.25, 0.3) is 0 Å². The van der Waals surface area contributed by atoms with Crippen LogP contribution >= 0.6 is 0 Å². The van der Waals surface area contributed by atoms with Crippen molar-refractivity contribution in [2.75, 3.05) is 19.6 Å². The number of nitrogens with zero attached hydrogens (tertiary/aromatic N) is 1. The molecule has 3 atom stereocenters. The van der Waals surface area contributed by atoms with Crippen molar-refractivity contribution in [2.45, 2.75) is 46.1 Å². The summed E-state index contributed by atoms with van der Waals surface area (Å²) < 4.78 is 0. The average molecular weight is 199 g/mol. The molecule has 0 bridgehead atoms. The monoisotopic (exact) mass is 199 g/mol. The maximum Gasteiger partial charge on any atom is 0.0693 e. The lowest BCUT2D eigenvalue weighted by Gasteiger charge is -2.35. The molecule has 0 radical (unpaired) electrons. The van der Waals surface area contributed by atoms with Gasteiger partial charge in [-0.05, 0) is 31.2 Å². The lowest BCUT2D eigenvalue weighted by molar-refractivity contribution is 0.0234. The molecule has 0 saturated carbocycles. The maximum atomic E-state index is 9.75. The first-order chi connectivity index (χ1) is 6.63. The second-order valence-corrected chi connectivity index (χ2v) is 4.99. The first-order valence-corrected chi connectivity index (χ1v) is 6.04. The van der Waals surface area contributed by atoms with E-state index in [0.717, 1.165) is 25.4 Å². The van der Waals surface area contributed by atoms with Crippen LogP contribution in [0.15, 0.2) is 0 Å². The molecule has 1 aliphatic rings. The van der Waals surface area contributed by atoms with Crippen LogP contribution < -0.4 is 0 Å². The SMILES string of the molecule is CCCC(C)CN1CCC(C)C(O)C1. The van der Waals surface area contributed by atoms with Gasteiger partial charge in [0.15, 0.2) is 0 Å². The molecule has 2 heteroatoms. The number of piperidine rings is 1. The first kappa shape index (κ1) is 12.0. The summed E-state index contributed by atoms with van der Waals surface area (Å²) in [5, 5.41) is 9.75. The second kappa shape index (κ2) is 5.72. The Labute approximate surface area is 88.3 Å². The van der Waals surface area contributed by atoms with E-state index in [-0.39, 0.29) is 6.10 Å². The van der Waals surface area contributed by atoms with Crippen molar-refractivity contribution in [3.8, 4) is 0 Å². The highest BCUT2D eigenvalue weighted by molar-refractivity contribution is 4.78. The van der Waals surface area contributed by atoms with Crippen LogP contribution in [-0.4, -0.2) is 35.7 Å². The molecule has 84 valence electrons. The molecular formula is C12H25NO. The Morgan fingerprint density at radius 1 is 1.50 bits per heavy atom. The summed E-state index contributed by atoms with van der Waals surface area (Å²) in [6, 6.07) is 0. The summed E-state index contributed by atoms with van der Waals surface area (Å²) in [5.41, 5.74) is 0. The Morgan fingerprint density at radius 3 is 2.79 bits per heavy atom. The third kappa shape index (κ3) is 3.58. The van der Waals surface area contributed by atoms with Crippen LogP contribution in [0.5, 0.6) is 0 Å². The third-order valence-electron chi connectivity index (χ3n) is 3.35. The lowest BCUT2D eigenvalue weighted by Crippen LogP contribution is -2.44. The Kier molecular flexibility index (Phi) is 4.90. The molecule has 0 aromatic heterocycles. The summed E-state index contributed by atoms with van der Waals surface area (Å²) in [6.07, 6.45) is 3.63. The van der Waals surface area contributed by atoms with E-state index in [9.17, 15) is 5.11 Å². The predicted molar refractivity (Wildman–Crippen MR) is 60.3 cm³/mol. The quantitative estimate of drug-likeness (QED) is 0.749. The van der Waals surface area contributed by atoms with Crippen LogP contribution in [0, 0.1) is 11.8 Å². The summed E-state index contributed by atoms with van der Waals surface area (Å²) in [4.78, 5) is 2.42. The van der Waals surface area contributed by atoms with E-state index in [1.54, 1.807) is 0 Å². The molecule has 1 N–H and O–H groups in total. The molecular weight excluding hydrogens is 174 g/mol. The fourth-order valence-electron chi connectivity index (χ4n) is 2.31. The van der Waals surface area contributed by atoms with E-state index < -0.39 is 0 Å². The molecule has 1 heterocycles. The van der Waals surface area contributed by atoms with Crippen molar-refractivity contribution < 1.29 is 5.11 Å². The van der Waals surface area contributed by atoms with Crippen LogP contribution in [0.3, 0.4) is 0 Å². The van der Waals surface area contributed by atoms with Crippen LogP contribution in [0.4, 0.5) is 0 Å². The largest absolute Gasteiger partial charge is 0.392 e. The molecule has 0 amide bonds. The zero-order valence-electron chi connectivity index (χ0n) is 9.87. The van der Waals surface area contributed by atoms with Gasteiger partial charge in [0.25, 0.3) is 0 Å². The van der Waals surface area contributed by atoms with Gasteiger partial charge in [-0.15, -0.1) is 0 Å². The standard InChI is InChI=1S/C12H25NO/c1-4-5-10(2)8-13-7-6-11(3)12(14)9-13/h10-12,14H,4-9H2,1-3H3. The van der Waals surface area contributed by atoms with Gasteiger partial charge in [-0.25, -0.2) is 0 Å². The van der Waals surface area contributed by atoms with Gasteiger partial charge in [-0.2, -0.15) is 0 Å². The van der Waals surface area contributed by atoms with Crippen LogP contribution in [0.1, 0.15) is 40.0 Å². The molecule has 0 aromatic rings. The van der Waals surface area contributed by atoms with Gasteiger partial charge in [-0.3, -0.25) is 0 Å². The van der Waals surface area contributed by atoms with E-state index in [1.165, 1.54) is 19.4 Å². The number of hydrogen-bond donors (Lipinski definition) is 1. The Balaban J connectivity index is 2.25. The average Bonchev–Trinajstić information content (AvgIpc) is 2.12. The fourth-order valence-corrected chi connectivity index (χ4v) is 2.31. The number of aliphatic hydroxyl groups excluding tert-OH is 1. The fraction of sp³-hybridized carbons (Fsp3) is 1.00. The van der Waals surface area contributed by atoms with Crippen LogP contribution in [-0.2, 0) is 0 Å². The number of likely N-dealkylation sites (tertiary alicyclic amines) is 1. The van der Waals surface area contributed by atoms with Crippen molar-refractivity contribution >= 4 is 0 Å². The highest BCUT2D eigenvalue weighted by Crippen LogP contribution is 2.18. The zero-order valence-corrected chi connectivity index (χ0v) is 9.87. The van der Waals surface area contributed by atoms with Crippen molar-refractivity contribution in [1.82, 2.24) is 4.90 Å². The molecule has 1 aliphatic heterocycles. The summed E-state index contributed by atoms with van der Waals surface area (Å²) >= 11 is 0. The van der Waals surface area contributed by atoms with E-state index in [2.05, 4.69) is 25.7 Å². The Morgan fingerprint density at radius 2 is 2.21 bits per heavy atom. The minimum Gasteiger partial charge on any atom is -0.392 e. The molecule has 3 unspecified atom stereocenters. The Bertz CT molecular complexity index is 160. The number of hydrogen-bond acceptors (Lipinski definition) is 2. The van der Waals surface area contributed by atoms with Crippen molar-refractivity contribution in [3.63, 3.8) is 0 Å². The Hall–Kier alpha value is -0.0800. The highest BCUT2D eigenvalue weighted by atomic mass is 16.3. The van der Waals surface area contributed by atoms with Gasteiger partial charge in [0, 0.05) is 13.1 Å². The highest BCUT2D eigenvalue weighted by Gasteiger charge is 2.24. The first-order valence-electron chi connectivity index (χ1n) is 6.04. The van der Waals surface area contributed by atoms with E-state index >= 15 is 0 Å². The van der Waals surface area contributed by atoms with Crippen molar-refractivity contribution in [3.05, 3.63) is 0 Å². The normalized spacial score (nSPS) is 31.7. The van der Waals surface area contributed by atoms with Gasteiger partial charge in [-0.1, -0.05) is 27.2 Å². The number of rotatable bonds is 4. The van der Waals surface area contributed by atoms with Crippen LogP contribution in [0.2, 0.25) is 0 Å². The van der Waals surface area contributed by atoms with Gasteiger partial charge < -0.3 is 10.0 Å². The topological polar surface area (TPSA) is 23.5 Å². The molecule has 0 spiro atoms. The molecule has 2 nitrogen and oxygen atoms in total. The predicted octanol–water partition coefficient (Wildman–Crippen LogP) is 2.13. The molecule has 0 aliphatic carbocycles.